The number of hydrogen-bond acceptors (Lipinski definition) is 6. The number of aryl methyl sites for hydroxylation is 1. The Labute approximate surface area is 107 Å². The summed E-state index contributed by atoms with van der Waals surface area (Å²) in [4.78, 5) is 13.3. The highest BCUT2D eigenvalue weighted by atomic mass is 32.2. The third kappa shape index (κ3) is 2.14. The first kappa shape index (κ1) is 11.0. The lowest BCUT2D eigenvalue weighted by Gasteiger charge is -1.89. The van der Waals surface area contributed by atoms with Crippen molar-refractivity contribution in [2.24, 2.45) is 4.99 Å². The van der Waals surface area contributed by atoms with Gasteiger partial charge in [-0.25, -0.2) is 9.97 Å². The van der Waals surface area contributed by atoms with Gasteiger partial charge in [0.15, 0.2) is 0 Å². The first-order valence-corrected chi connectivity index (χ1v) is 7.18. The Hall–Kier alpha value is -1.14. The van der Waals surface area contributed by atoms with E-state index in [4.69, 9.17) is 4.42 Å². The number of oxazole rings is 1. The molecule has 0 fully saturated rings. The minimum absolute atomic E-state index is 0.372. The van der Waals surface area contributed by atoms with Crippen LogP contribution >= 0.6 is 23.1 Å². The zero-order chi connectivity index (χ0) is 11.8. The van der Waals surface area contributed by atoms with Crippen LogP contribution in [0.2, 0.25) is 0 Å². The van der Waals surface area contributed by atoms with E-state index in [0.717, 1.165) is 27.2 Å². The lowest BCUT2D eigenvalue weighted by Crippen LogP contribution is -1.93. The molecule has 0 amide bonds. The van der Waals surface area contributed by atoms with Crippen LogP contribution in [-0.4, -0.2) is 26.8 Å². The quantitative estimate of drug-likeness (QED) is 0.837. The average molecular weight is 265 g/mol. The molecule has 0 saturated carbocycles. The van der Waals surface area contributed by atoms with Gasteiger partial charge < -0.3 is 4.42 Å². The van der Waals surface area contributed by atoms with Crippen LogP contribution in [-0.2, 0) is 0 Å². The molecule has 0 bridgehead atoms. The second kappa shape index (κ2) is 4.27. The van der Waals surface area contributed by atoms with Crippen molar-refractivity contribution < 1.29 is 4.42 Å². The zero-order valence-electron chi connectivity index (χ0n) is 9.51. The molecule has 88 valence electrons. The minimum Gasteiger partial charge on any atom is -0.443 e. The highest BCUT2D eigenvalue weighted by Crippen LogP contribution is 2.26. The molecule has 6 heteroatoms. The van der Waals surface area contributed by atoms with Crippen molar-refractivity contribution in [3.63, 3.8) is 0 Å². The number of rotatable bonds is 2. The van der Waals surface area contributed by atoms with Crippen LogP contribution in [0.25, 0.3) is 11.6 Å². The van der Waals surface area contributed by atoms with Crippen molar-refractivity contribution in [1.82, 2.24) is 9.97 Å². The third-order valence-electron chi connectivity index (χ3n) is 2.36. The molecule has 0 aromatic carbocycles. The fraction of sp³-hybridized carbons (Fsp3) is 0.364. The molecule has 3 rings (SSSR count). The molecule has 2 aromatic heterocycles. The fourth-order valence-corrected chi connectivity index (χ4v) is 3.12. The Balaban J connectivity index is 1.91. The van der Waals surface area contributed by atoms with Gasteiger partial charge >= 0.3 is 0 Å². The first-order valence-electron chi connectivity index (χ1n) is 5.31. The number of nitrogens with zero attached hydrogens (tertiary/aromatic N) is 3. The van der Waals surface area contributed by atoms with Gasteiger partial charge in [0.2, 0.25) is 5.89 Å². The highest BCUT2D eigenvalue weighted by molar-refractivity contribution is 8.14. The Bertz CT molecular complexity index is 573. The highest BCUT2D eigenvalue weighted by Gasteiger charge is 2.19. The van der Waals surface area contributed by atoms with Crippen LogP contribution in [0.1, 0.15) is 17.6 Å². The van der Waals surface area contributed by atoms with Crippen LogP contribution in [0, 0.1) is 6.92 Å². The van der Waals surface area contributed by atoms with Crippen molar-refractivity contribution in [2.45, 2.75) is 19.9 Å². The maximum atomic E-state index is 5.45. The Morgan fingerprint density at radius 3 is 2.88 bits per heavy atom. The zero-order valence-corrected chi connectivity index (χ0v) is 11.1. The van der Waals surface area contributed by atoms with E-state index in [1.54, 1.807) is 29.4 Å². The predicted octanol–water partition coefficient (Wildman–Crippen LogP) is 2.99. The summed E-state index contributed by atoms with van der Waals surface area (Å²) in [6.45, 7) is 4.07. The molecule has 4 nitrogen and oxygen atoms in total. The van der Waals surface area contributed by atoms with Crippen molar-refractivity contribution in [1.29, 1.82) is 0 Å². The molecule has 1 aliphatic heterocycles. The summed E-state index contributed by atoms with van der Waals surface area (Å²) in [6.07, 6.45) is 1.66. The smallest absolute Gasteiger partial charge is 0.246 e. The molecule has 1 atom stereocenters. The summed E-state index contributed by atoms with van der Waals surface area (Å²) in [7, 11) is 0. The second-order valence-corrected chi connectivity index (χ2v) is 5.95. The van der Waals surface area contributed by atoms with Gasteiger partial charge in [-0.3, -0.25) is 4.99 Å². The largest absolute Gasteiger partial charge is 0.443 e. The number of thiazole rings is 1. The van der Waals surface area contributed by atoms with E-state index in [-0.39, 0.29) is 0 Å². The van der Waals surface area contributed by atoms with E-state index >= 15 is 0 Å². The van der Waals surface area contributed by atoms with Crippen molar-refractivity contribution >= 4 is 28.1 Å². The fourth-order valence-electron chi connectivity index (χ4n) is 1.57. The molecule has 2 aromatic rings. The molecule has 0 unspecified atom stereocenters. The van der Waals surface area contributed by atoms with Gasteiger partial charge in [0.25, 0.3) is 0 Å². The molecule has 0 N–H and O–H groups in total. The average Bonchev–Trinajstić information content (AvgIpc) is 2.96. The van der Waals surface area contributed by atoms with E-state index in [0.29, 0.717) is 11.9 Å². The number of aromatic nitrogens is 2. The van der Waals surface area contributed by atoms with E-state index in [1.165, 1.54) is 0 Å². The topological polar surface area (TPSA) is 51.3 Å². The number of hydrogen-bond donors (Lipinski definition) is 0. The van der Waals surface area contributed by atoms with Gasteiger partial charge in [0.1, 0.15) is 22.7 Å². The van der Waals surface area contributed by atoms with Crippen LogP contribution < -0.4 is 0 Å². The third-order valence-corrected chi connectivity index (χ3v) is 4.37. The van der Waals surface area contributed by atoms with Crippen LogP contribution in [0.3, 0.4) is 0 Å². The summed E-state index contributed by atoms with van der Waals surface area (Å²) >= 11 is 3.32. The molecule has 17 heavy (non-hydrogen) atoms. The second-order valence-electron chi connectivity index (χ2n) is 3.88. The SMILES string of the molecule is Cc1nc(-c2nc(C3=N[C@H](C)CS3)co2)cs1. The van der Waals surface area contributed by atoms with Gasteiger partial charge in [0, 0.05) is 11.1 Å². The molecule has 0 saturated heterocycles. The lowest BCUT2D eigenvalue weighted by molar-refractivity contribution is 0.572. The summed E-state index contributed by atoms with van der Waals surface area (Å²) in [5.74, 6) is 1.60. The predicted molar refractivity (Wildman–Crippen MR) is 70.8 cm³/mol. The standard InChI is InChI=1S/C11H11N3OS2/c1-6-4-17-11(12-6)8-3-15-10(14-8)9-5-16-7(2)13-9/h3,5-6H,4H2,1-2H3/t6-/m1/s1. The molecule has 0 aliphatic carbocycles. The maximum absolute atomic E-state index is 5.45. The monoisotopic (exact) mass is 265 g/mol. The van der Waals surface area contributed by atoms with Crippen molar-refractivity contribution in [2.75, 3.05) is 5.75 Å². The summed E-state index contributed by atoms with van der Waals surface area (Å²) in [5.41, 5.74) is 1.62. The van der Waals surface area contributed by atoms with Crippen LogP contribution in [0.4, 0.5) is 0 Å². The van der Waals surface area contributed by atoms with Crippen molar-refractivity contribution in [3.05, 3.63) is 22.3 Å². The number of aliphatic imine (C=N–C) groups is 1. The Kier molecular flexibility index (Phi) is 2.76. The van der Waals surface area contributed by atoms with Gasteiger partial charge in [-0.1, -0.05) is 0 Å². The van der Waals surface area contributed by atoms with Gasteiger partial charge in [-0.15, -0.1) is 23.1 Å². The van der Waals surface area contributed by atoms with Crippen LogP contribution in [0.15, 0.2) is 21.1 Å². The molecular formula is C11H11N3OS2. The maximum Gasteiger partial charge on any atom is 0.246 e. The van der Waals surface area contributed by atoms with Gasteiger partial charge in [-0.05, 0) is 13.8 Å². The van der Waals surface area contributed by atoms with E-state index in [2.05, 4.69) is 21.9 Å². The molecule has 0 radical (unpaired) electrons. The van der Waals surface area contributed by atoms with E-state index in [9.17, 15) is 0 Å². The summed E-state index contributed by atoms with van der Waals surface area (Å²) < 4.78 is 5.45. The van der Waals surface area contributed by atoms with E-state index < -0.39 is 0 Å². The lowest BCUT2D eigenvalue weighted by atomic mass is 10.4. The first-order chi connectivity index (χ1) is 8.22. The molecule has 0 spiro atoms. The Morgan fingerprint density at radius 2 is 2.24 bits per heavy atom. The summed E-state index contributed by atoms with van der Waals surface area (Å²) in [5, 5.41) is 3.94. The molecule has 3 heterocycles. The molecule has 1 aliphatic rings. The van der Waals surface area contributed by atoms with Crippen molar-refractivity contribution in [3.8, 4) is 11.6 Å². The van der Waals surface area contributed by atoms with Gasteiger partial charge in [0.05, 0.1) is 11.0 Å². The molecular weight excluding hydrogens is 254 g/mol. The summed E-state index contributed by atoms with van der Waals surface area (Å²) in [6, 6.07) is 0.372. The van der Waals surface area contributed by atoms with E-state index in [1.807, 2.05) is 12.3 Å². The van der Waals surface area contributed by atoms with Gasteiger partial charge in [-0.2, -0.15) is 0 Å². The normalized spacial score (nSPS) is 19.6. The minimum atomic E-state index is 0.372. The van der Waals surface area contributed by atoms with Crippen LogP contribution in [0.5, 0.6) is 0 Å². The Morgan fingerprint density at radius 1 is 1.35 bits per heavy atom. The number of thioether (sulfide) groups is 1.